The molecule has 0 saturated heterocycles. The molecule has 2 amide bonds. The maximum absolute atomic E-state index is 14.8. The van der Waals surface area contributed by atoms with E-state index in [-0.39, 0.29) is 40.8 Å². The van der Waals surface area contributed by atoms with Gasteiger partial charge in [-0.2, -0.15) is 13.2 Å². The molecule has 0 radical (unpaired) electrons. The van der Waals surface area contributed by atoms with Gasteiger partial charge in [-0.25, -0.2) is 9.37 Å². The molecular formula is C33H28F4N4O5. The molecule has 3 heterocycles. The van der Waals surface area contributed by atoms with Gasteiger partial charge in [-0.1, -0.05) is 6.07 Å². The monoisotopic (exact) mass is 636 g/mol. The van der Waals surface area contributed by atoms with E-state index in [4.69, 9.17) is 15.2 Å². The molecule has 1 aliphatic heterocycles. The number of alkyl halides is 3. The Hall–Kier alpha value is -5.04. The highest BCUT2D eigenvalue weighted by atomic mass is 19.4. The van der Waals surface area contributed by atoms with Crippen LogP contribution in [-0.2, 0) is 15.8 Å². The molecule has 2 aliphatic rings. The largest absolute Gasteiger partial charge is 0.490 e. The molecule has 13 heteroatoms. The SMILES string of the molecule is C[C@]1(C(N)=O)COc2c1cc(C(O)(CNC(=O)c1ccc(OC3CC3)c(-c3ccccn3)c1)C(F)(F)F)nc2-c1ccc(F)cc1. The number of nitrogens with one attached hydrogen (secondary N) is 1. The first-order chi connectivity index (χ1) is 21.8. The molecule has 1 saturated carbocycles. The van der Waals surface area contributed by atoms with Crippen molar-refractivity contribution < 1.29 is 41.7 Å². The number of primary amides is 1. The molecule has 46 heavy (non-hydrogen) atoms. The maximum atomic E-state index is 14.8. The van der Waals surface area contributed by atoms with Crippen LogP contribution in [0.25, 0.3) is 22.5 Å². The number of nitrogens with two attached hydrogens (primary N) is 1. The summed E-state index contributed by atoms with van der Waals surface area (Å²) >= 11 is 0. The molecule has 9 nitrogen and oxygen atoms in total. The number of hydrogen-bond donors (Lipinski definition) is 3. The second kappa shape index (κ2) is 11.4. The molecule has 1 aliphatic carbocycles. The van der Waals surface area contributed by atoms with Gasteiger partial charge in [0, 0.05) is 28.5 Å². The van der Waals surface area contributed by atoms with Gasteiger partial charge in [0.05, 0.1) is 24.0 Å². The third-order valence-corrected chi connectivity index (χ3v) is 8.13. The van der Waals surface area contributed by atoms with Crippen molar-refractivity contribution in [1.82, 2.24) is 15.3 Å². The summed E-state index contributed by atoms with van der Waals surface area (Å²) in [5.41, 5.74) is 0.324. The smallest absolute Gasteiger partial charge is 0.424 e. The van der Waals surface area contributed by atoms with Crippen LogP contribution in [0.3, 0.4) is 0 Å². The predicted molar refractivity (Wildman–Crippen MR) is 157 cm³/mol. The first-order valence-corrected chi connectivity index (χ1v) is 14.3. The van der Waals surface area contributed by atoms with Crippen LogP contribution in [0.15, 0.2) is 72.9 Å². The van der Waals surface area contributed by atoms with E-state index >= 15 is 0 Å². The van der Waals surface area contributed by atoms with Crippen molar-refractivity contribution in [3.63, 3.8) is 0 Å². The summed E-state index contributed by atoms with van der Waals surface area (Å²) in [4.78, 5) is 34.2. The average Bonchev–Trinajstić information content (AvgIpc) is 3.79. The van der Waals surface area contributed by atoms with Crippen LogP contribution >= 0.6 is 0 Å². The van der Waals surface area contributed by atoms with Gasteiger partial charge in [0.15, 0.2) is 0 Å². The first-order valence-electron chi connectivity index (χ1n) is 14.3. The lowest BCUT2D eigenvalue weighted by Crippen LogP contribution is -2.51. The lowest BCUT2D eigenvalue weighted by atomic mass is 9.81. The summed E-state index contributed by atoms with van der Waals surface area (Å²) in [7, 11) is 0. The Morgan fingerprint density at radius 2 is 1.85 bits per heavy atom. The number of hydrogen-bond acceptors (Lipinski definition) is 7. The van der Waals surface area contributed by atoms with Crippen molar-refractivity contribution in [2.75, 3.05) is 13.2 Å². The van der Waals surface area contributed by atoms with E-state index in [1.165, 1.54) is 31.2 Å². The minimum absolute atomic E-state index is 0.00283. The van der Waals surface area contributed by atoms with Crippen molar-refractivity contribution in [2.45, 2.75) is 43.1 Å². The van der Waals surface area contributed by atoms with Crippen molar-refractivity contribution in [2.24, 2.45) is 5.73 Å². The van der Waals surface area contributed by atoms with Gasteiger partial charge in [0.1, 0.15) is 35.0 Å². The summed E-state index contributed by atoms with van der Waals surface area (Å²) in [6.45, 7) is -0.238. The van der Waals surface area contributed by atoms with Gasteiger partial charge in [0.25, 0.3) is 5.91 Å². The van der Waals surface area contributed by atoms with Gasteiger partial charge in [-0.3, -0.25) is 14.6 Å². The Kier molecular flexibility index (Phi) is 7.67. The number of ether oxygens (including phenoxy) is 2. The number of carbonyl (C=O) groups excluding carboxylic acids is 2. The second-order valence-electron chi connectivity index (χ2n) is 11.5. The van der Waals surface area contributed by atoms with Gasteiger partial charge in [-0.05, 0) is 80.4 Å². The number of aromatic nitrogens is 2. The highest BCUT2D eigenvalue weighted by Crippen LogP contribution is 2.47. The fourth-order valence-corrected chi connectivity index (χ4v) is 5.11. The lowest BCUT2D eigenvalue weighted by Gasteiger charge is -2.31. The van der Waals surface area contributed by atoms with E-state index < -0.39 is 47.1 Å². The third kappa shape index (κ3) is 5.62. The number of aliphatic hydroxyl groups is 1. The number of fused-ring (bicyclic) bond motifs is 1. The van der Waals surface area contributed by atoms with Crippen LogP contribution in [0.1, 0.15) is 41.4 Å². The Balaban J connectivity index is 1.38. The van der Waals surface area contributed by atoms with Crippen molar-refractivity contribution in [3.05, 3.63) is 95.6 Å². The molecule has 6 rings (SSSR count). The summed E-state index contributed by atoms with van der Waals surface area (Å²) in [6.07, 6.45) is -2.00. The van der Waals surface area contributed by atoms with E-state index in [0.717, 1.165) is 31.0 Å². The van der Waals surface area contributed by atoms with Gasteiger partial charge in [-0.15, -0.1) is 0 Å². The zero-order valence-electron chi connectivity index (χ0n) is 24.4. The highest BCUT2D eigenvalue weighted by molar-refractivity contribution is 5.96. The zero-order chi connectivity index (χ0) is 32.9. The standard InChI is InChI=1S/C33H28F4N4O5/c1-31(30(38)43)17-45-28-23(31)15-26(41-27(28)18-5-8-20(34)9-6-18)32(44,33(35,36)37)16-40-29(42)19-7-12-25(46-21-10-11-21)22(14-19)24-4-2-3-13-39-24/h2-9,12-15,21,44H,10-11,16-17H2,1H3,(H2,38,43)(H,40,42)/t31-,32?/m0/s1. The zero-order valence-corrected chi connectivity index (χ0v) is 24.4. The molecule has 4 aromatic rings. The fraction of sp³-hybridized carbons (Fsp3) is 0.273. The van der Waals surface area contributed by atoms with E-state index in [9.17, 15) is 32.3 Å². The van der Waals surface area contributed by atoms with E-state index in [1.54, 1.807) is 30.5 Å². The molecular weight excluding hydrogens is 608 g/mol. The molecule has 2 atom stereocenters. The Bertz CT molecular complexity index is 1820. The molecule has 4 N–H and O–H groups in total. The lowest BCUT2D eigenvalue weighted by molar-refractivity contribution is -0.265. The van der Waals surface area contributed by atoms with Crippen molar-refractivity contribution in [1.29, 1.82) is 0 Å². The van der Waals surface area contributed by atoms with Crippen LogP contribution in [0.4, 0.5) is 17.6 Å². The summed E-state index contributed by atoms with van der Waals surface area (Å²) in [6, 6.07) is 15.2. The molecule has 1 unspecified atom stereocenters. The quantitative estimate of drug-likeness (QED) is 0.225. The number of nitrogens with zero attached hydrogens (tertiary/aromatic N) is 2. The summed E-state index contributed by atoms with van der Waals surface area (Å²) in [5.74, 6) is -1.95. The summed E-state index contributed by atoms with van der Waals surface area (Å²) < 4.78 is 69.6. The third-order valence-electron chi connectivity index (χ3n) is 8.13. The summed E-state index contributed by atoms with van der Waals surface area (Å²) in [5, 5.41) is 13.5. The van der Waals surface area contributed by atoms with Crippen LogP contribution < -0.4 is 20.5 Å². The Labute approximate surface area is 260 Å². The van der Waals surface area contributed by atoms with E-state index in [2.05, 4.69) is 15.3 Å². The van der Waals surface area contributed by atoms with E-state index in [0.29, 0.717) is 17.0 Å². The number of carbonyl (C=O) groups is 2. The minimum atomic E-state index is -5.36. The van der Waals surface area contributed by atoms with E-state index in [1.807, 2.05) is 0 Å². The van der Waals surface area contributed by atoms with Crippen molar-refractivity contribution >= 4 is 11.8 Å². The molecule has 238 valence electrons. The average molecular weight is 637 g/mol. The topological polar surface area (TPSA) is 137 Å². The molecule has 0 bridgehead atoms. The normalized spacial score (nSPS) is 18.7. The first kappa shape index (κ1) is 31.0. The molecule has 2 aromatic carbocycles. The van der Waals surface area contributed by atoms with Crippen molar-refractivity contribution in [3.8, 4) is 34.0 Å². The maximum Gasteiger partial charge on any atom is 0.424 e. The number of rotatable bonds is 9. The van der Waals surface area contributed by atoms with Gasteiger partial charge < -0.3 is 25.6 Å². The molecule has 2 aromatic heterocycles. The van der Waals surface area contributed by atoms with Crippen LogP contribution in [0, 0.1) is 5.82 Å². The fourth-order valence-electron chi connectivity index (χ4n) is 5.11. The Morgan fingerprint density at radius 3 is 2.48 bits per heavy atom. The second-order valence-corrected chi connectivity index (χ2v) is 11.5. The predicted octanol–water partition coefficient (Wildman–Crippen LogP) is 4.81. The number of pyridine rings is 2. The molecule has 1 fully saturated rings. The molecule has 0 spiro atoms. The Morgan fingerprint density at radius 1 is 1.11 bits per heavy atom. The van der Waals surface area contributed by atoms with Crippen LogP contribution in [0.5, 0.6) is 11.5 Å². The van der Waals surface area contributed by atoms with Crippen LogP contribution in [-0.4, -0.2) is 52.3 Å². The number of amides is 2. The minimum Gasteiger partial charge on any atom is -0.490 e. The number of halogens is 4. The highest BCUT2D eigenvalue weighted by Gasteiger charge is 2.57. The van der Waals surface area contributed by atoms with Gasteiger partial charge in [0.2, 0.25) is 11.5 Å². The number of benzene rings is 2. The van der Waals surface area contributed by atoms with Crippen LogP contribution in [0.2, 0.25) is 0 Å². The van der Waals surface area contributed by atoms with Gasteiger partial charge >= 0.3 is 6.18 Å².